The molecule has 1 amide bonds. The maximum absolute atomic E-state index is 12.2. The number of amides is 1. The number of nitrogens with one attached hydrogen (secondary N) is 1. The number of rotatable bonds is 5. The van der Waals surface area contributed by atoms with Crippen LogP contribution in [0.3, 0.4) is 0 Å². The van der Waals surface area contributed by atoms with Crippen molar-refractivity contribution in [2.24, 2.45) is 11.1 Å². The topological polar surface area (TPSA) is 75.4 Å². The molecule has 0 aliphatic carbocycles. The van der Waals surface area contributed by atoms with Crippen molar-refractivity contribution in [1.82, 2.24) is 5.32 Å². The summed E-state index contributed by atoms with van der Waals surface area (Å²) in [7, 11) is 0. The fourth-order valence-corrected chi connectivity index (χ4v) is 2.77. The molecule has 0 radical (unpaired) electrons. The predicted molar refractivity (Wildman–Crippen MR) is 86.1 cm³/mol. The van der Waals surface area contributed by atoms with Crippen molar-refractivity contribution >= 4 is 5.91 Å². The van der Waals surface area contributed by atoms with Gasteiger partial charge >= 0.3 is 0 Å². The first-order valence-corrected chi connectivity index (χ1v) is 7.34. The average molecular weight is 292 g/mol. The summed E-state index contributed by atoms with van der Waals surface area (Å²) in [5, 5.41) is 12.3. The van der Waals surface area contributed by atoms with E-state index in [4.69, 9.17) is 5.73 Å². The maximum Gasteiger partial charge on any atom is 0.237 e. The second-order valence-corrected chi connectivity index (χ2v) is 7.59. The maximum atomic E-state index is 12.2. The molecule has 0 spiro atoms. The van der Waals surface area contributed by atoms with Crippen molar-refractivity contribution in [2.75, 3.05) is 0 Å². The number of carbonyl (C=O) groups excluding carboxylic acids is 1. The van der Waals surface area contributed by atoms with E-state index in [0.717, 1.165) is 12.0 Å². The summed E-state index contributed by atoms with van der Waals surface area (Å²) in [6, 6.07) is 6.17. The molecular formula is C17H28N2O2. The number of hydrogen-bond acceptors (Lipinski definition) is 3. The first kappa shape index (κ1) is 17.5. The lowest BCUT2D eigenvalue weighted by Gasteiger charge is -2.34. The summed E-state index contributed by atoms with van der Waals surface area (Å²) in [6.07, 6.45) is 1.33. The quantitative estimate of drug-likeness (QED) is 0.781. The van der Waals surface area contributed by atoms with Crippen molar-refractivity contribution in [2.45, 2.75) is 59.0 Å². The summed E-state index contributed by atoms with van der Waals surface area (Å²) in [5.74, 6) is 0.0698. The minimum Gasteiger partial charge on any atom is -0.508 e. The molecule has 4 nitrogen and oxygen atoms in total. The zero-order valence-corrected chi connectivity index (χ0v) is 13.7. The number of hydrogen-bond donors (Lipinski definition) is 3. The van der Waals surface area contributed by atoms with E-state index in [0.29, 0.717) is 6.42 Å². The molecular weight excluding hydrogens is 264 g/mol. The molecule has 4 heteroatoms. The molecule has 0 bridgehead atoms. The van der Waals surface area contributed by atoms with Crippen LogP contribution in [-0.2, 0) is 11.2 Å². The molecule has 0 aliphatic heterocycles. The zero-order chi connectivity index (χ0) is 16.3. The molecule has 0 fully saturated rings. The van der Waals surface area contributed by atoms with E-state index in [9.17, 15) is 9.90 Å². The standard InChI is InChI=1S/C17H28N2O2/c1-16(2,3)11-17(4,5)19-15(21)14(18)10-12-6-8-13(20)9-7-12/h6-9,14,20H,10-11,18H2,1-5H3,(H,19,21)/t14-/m0/s1. The number of phenols is 1. The van der Waals surface area contributed by atoms with Crippen LogP contribution in [0.25, 0.3) is 0 Å². The summed E-state index contributed by atoms with van der Waals surface area (Å²) < 4.78 is 0. The minimum absolute atomic E-state index is 0.137. The molecule has 1 rings (SSSR count). The Morgan fingerprint density at radius 2 is 1.71 bits per heavy atom. The van der Waals surface area contributed by atoms with Gasteiger partial charge in [0.25, 0.3) is 0 Å². The van der Waals surface area contributed by atoms with Gasteiger partial charge in [-0.05, 0) is 49.8 Å². The van der Waals surface area contributed by atoms with Crippen LogP contribution in [0.2, 0.25) is 0 Å². The highest BCUT2D eigenvalue weighted by atomic mass is 16.3. The monoisotopic (exact) mass is 292 g/mol. The Hall–Kier alpha value is -1.55. The van der Waals surface area contributed by atoms with Crippen LogP contribution in [0, 0.1) is 5.41 Å². The number of carbonyl (C=O) groups is 1. The third kappa shape index (κ3) is 6.63. The van der Waals surface area contributed by atoms with E-state index in [1.54, 1.807) is 24.3 Å². The third-order valence-electron chi connectivity index (χ3n) is 3.16. The highest BCUT2D eigenvalue weighted by Crippen LogP contribution is 2.26. The molecule has 1 atom stereocenters. The number of phenolic OH excluding ortho intramolecular Hbond substituents is 1. The molecule has 21 heavy (non-hydrogen) atoms. The van der Waals surface area contributed by atoms with E-state index in [1.807, 2.05) is 13.8 Å². The highest BCUT2D eigenvalue weighted by molar-refractivity contribution is 5.82. The smallest absolute Gasteiger partial charge is 0.237 e. The third-order valence-corrected chi connectivity index (χ3v) is 3.16. The molecule has 0 saturated carbocycles. The SMILES string of the molecule is CC(C)(C)CC(C)(C)NC(=O)[C@@H](N)Cc1ccc(O)cc1. The predicted octanol–water partition coefficient (Wildman–Crippen LogP) is 2.59. The van der Waals surface area contributed by atoms with Crippen LogP contribution in [0.1, 0.15) is 46.6 Å². The Balaban J connectivity index is 2.60. The molecule has 1 aromatic rings. The normalized spacial score (nSPS) is 13.8. The Labute approximate surface area is 127 Å². The lowest BCUT2D eigenvalue weighted by molar-refractivity contribution is -0.124. The minimum atomic E-state index is -0.589. The number of benzene rings is 1. The van der Waals surface area contributed by atoms with Crippen LogP contribution in [-0.4, -0.2) is 22.6 Å². The lowest BCUT2D eigenvalue weighted by Crippen LogP contribution is -2.52. The van der Waals surface area contributed by atoms with Crippen LogP contribution < -0.4 is 11.1 Å². The van der Waals surface area contributed by atoms with Gasteiger partial charge in [0, 0.05) is 5.54 Å². The summed E-state index contributed by atoms with van der Waals surface area (Å²) in [4.78, 5) is 12.2. The fourth-order valence-electron chi connectivity index (χ4n) is 2.77. The second-order valence-electron chi connectivity index (χ2n) is 7.59. The molecule has 0 heterocycles. The Bertz CT molecular complexity index is 473. The van der Waals surface area contributed by atoms with Gasteiger partial charge in [-0.1, -0.05) is 32.9 Å². The van der Waals surface area contributed by atoms with Crippen molar-refractivity contribution in [3.63, 3.8) is 0 Å². The van der Waals surface area contributed by atoms with E-state index in [-0.39, 0.29) is 22.6 Å². The Morgan fingerprint density at radius 1 is 1.19 bits per heavy atom. The Kier molecular flexibility index (Phi) is 5.40. The van der Waals surface area contributed by atoms with Gasteiger partial charge in [-0.3, -0.25) is 4.79 Å². The van der Waals surface area contributed by atoms with Crippen LogP contribution in [0.15, 0.2) is 24.3 Å². The van der Waals surface area contributed by atoms with E-state index in [2.05, 4.69) is 26.1 Å². The summed E-state index contributed by atoms with van der Waals surface area (Å²) >= 11 is 0. The molecule has 1 aromatic carbocycles. The van der Waals surface area contributed by atoms with Crippen molar-refractivity contribution in [3.05, 3.63) is 29.8 Å². The van der Waals surface area contributed by atoms with Gasteiger partial charge < -0.3 is 16.2 Å². The largest absolute Gasteiger partial charge is 0.508 e. The van der Waals surface area contributed by atoms with Crippen molar-refractivity contribution in [1.29, 1.82) is 0 Å². The van der Waals surface area contributed by atoms with Crippen LogP contribution in [0.4, 0.5) is 0 Å². The first-order chi connectivity index (χ1) is 9.48. The van der Waals surface area contributed by atoms with Crippen molar-refractivity contribution in [3.8, 4) is 5.75 Å². The molecule has 0 unspecified atom stereocenters. The summed E-state index contributed by atoms with van der Waals surface area (Å²) in [6.45, 7) is 10.5. The van der Waals surface area contributed by atoms with Gasteiger partial charge in [-0.25, -0.2) is 0 Å². The number of nitrogens with two attached hydrogens (primary N) is 1. The average Bonchev–Trinajstić information content (AvgIpc) is 2.28. The van der Waals surface area contributed by atoms with Crippen LogP contribution in [0.5, 0.6) is 5.75 Å². The van der Waals surface area contributed by atoms with E-state index < -0.39 is 6.04 Å². The molecule has 4 N–H and O–H groups in total. The molecule has 0 aliphatic rings. The van der Waals surface area contributed by atoms with Crippen LogP contribution >= 0.6 is 0 Å². The van der Waals surface area contributed by atoms with E-state index >= 15 is 0 Å². The van der Waals surface area contributed by atoms with Gasteiger partial charge in [-0.2, -0.15) is 0 Å². The lowest BCUT2D eigenvalue weighted by atomic mass is 9.81. The van der Waals surface area contributed by atoms with E-state index in [1.165, 1.54) is 0 Å². The first-order valence-electron chi connectivity index (χ1n) is 7.34. The second kappa shape index (κ2) is 6.48. The zero-order valence-electron chi connectivity index (χ0n) is 13.7. The number of aromatic hydroxyl groups is 1. The molecule has 0 saturated heterocycles. The van der Waals surface area contributed by atoms with Gasteiger partial charge in [-0.15, -0.1) is 0 Å². The van der Waals surface area contributed by atoms with Gasteiger partial charge in [0.05, 0.1) is 6.04 Å². The van der Waals surface area contributed by atoms with Gasteiger partial charge in [0.1, 0.15) is 5.75 Å². The van der Waals surface area contributed by atoms with Gasteiger partial charge in [0.2, 0.25) is 5.91 Å². The highest BCUT2D eigenvalue weighted by Gasteiger charge is 2.28. The van der Waals surface area contributed by atoms with Gasteiger partial charge in [0.15, 0.2) is 0 Å². The van der Waals surface area contributed by atoms with Crippen molar-refractivity contribution < 1.29 is 9.90 Å². The Morgan fingerprint density at radius 3 is 2.19 bits per heavy atom. The summed E-state index contributed by atoms with van der Waals surface area (Å²) in [5.41, 5.74) is 6.76. The fraction of sp³-hybridized carbons (Fsp3) is 0.588. The molecule has 0 aromatic heterocycles. The molecule has 118 valence electrons.